The summed E-state index contributed by atoms with van der Waals surface area (Å²) in [5, 5.41) is 26.7. The summed E-state index contributed by atoms with van der Waals surface area (Å²) in [6, 6.07) is 2.90. The number of hydrogen-bond acceptors (Lipinski definition) is 7. The fraction of sp³-hybridized carbons (Fsp3) is 0.545. The van der Waals surface area contributed by atoms with Crippen molar-refractivity contribution >= 4 is 17.3 Å². The van der Waals surface area contributed by atoms with Gasteiger partial charge in [0.25, 0.3) is 0 Å². The van der Waals surface area contributed by atoms with Gasteiger partial charge in [-0.15, -0.1) is 0 Å². The van der Waals surface area contributed by atoms with E-state index in [1.165, 1.54) is 12.1 Å². The van der Waals surface area contributed by atoms with Crippen LogP contribution in [0.1, 0.15) is 6.42 Å². The Balaban J connectivity index is 2.15. The van der Waals surface area contributed by atoms with E-state index < -0.39 is 10.5 Å². The lowest BCUT2D eigenvalue weighted by atomic mass is 10.0. The van der Waals surface area contributed by atoms with Crippen molar-refractivity contribution in [2.75, 3.05) is 37.4 Å². The summed E-state index contributed by atoms with van der Waals surface area (Å²) in [6.45, 7) is 0.873. The predicted molar refractivity (Wildman–Crippen MR) is 69.3 cm³/mol. The third-order valence-corrected chi connectivity index (χ3v) is 2.99. The van der Waals surface area contributed by atoms with Crippen molar-refractivity contribution < 1.29 is 14.8 Å². The number of aromatic nitrogens is 1. The third kappa shape index (κ3) is 3.09. The molecule has 104 valence electrons. The van der Waals surface area contributed by atoms with Crippen molar-refractivity contribution in [1.29, 1.82) is 0 Å². The molecule has 1 aromatic rings. The smallest absolute Gasteiger partial charge is 0.311 e. The molecule has 3 N–H and O–H groups in total. The second kappa shape index (κ2) is 5.37. The lowest BCUT2D eigenvalue weighted by Gasteiger charge is -2.21. The maximum atomic E-state index is 10.9. The maximum Gasteiger partial charge on any atom is 0.311 e. The van der Waals surface area contributed by atoms with Crippen molar-refractivity contribution in [1.82, 2.24) is 4.98 Å². The first-order valence-electron chi connectivity index (χ1n) is 5.91. The minimum Gasteiger partial charge on any atom is -0.386 e. The molecule has 1 fully saturated rings. The SMILES string of the molecule is CNc1ccc([N+](=O)[O-])c(NCC2(O)CCOC2)n1. The number of rotatable bonds is 5. The number of nitrogens with one attached hydrogen (secondary N) is 2. The highest BCUT2D eigenvalue weighted by Gasteiger charge is 2.32. The molecule has 0 spiro atoms. The molecule has 0 aromatic carbocycles. The van der Waals surface area contributed by atoms with Gasteiger partial charge in [-0.2, -0.15) is 0 Å². The Morgan fingerprint density at radius 2 is 2.42 bits per heavy atom. The van der Waals surface area contributed by atoms with Crippen LogP contribution in [-0.4, -0.2) is 47.4 Å². The topological polar surface area (TPSA) is 110 Å². The van der Waals surface area contributed by atoms with Gasteiger partial charge in [-0.1, -0.05) is 0 Å². The number of ether oxygens (including phenoxy) is 1. The number of aliphatic hydroxyl groups is 1. The summed E-state index contributed by atoms with van der Waals surface area (Å²) >= 11 is 0. The van der Waals surface area contributed by atoms with Crippen LogP contribution in [0.15, 0.2) is 12.1 Å². The molecule has 19 heavy (non-hydrogen) atoms. The molecule has 8 nitrogen and oxygen atoms in total. The van der Waals surface area contributed by atoms with Gasteiger partial charge in [0, 0.05) is 32.7 Å². The fourth-order valence-electron chi connectivity index (χ4n) is 1.85. The normalized spacial score (nSPS) is 22.2. The Hall–Kier alpha value is -1.93. The zero-order chi connectivity index (χ0) is 13.9. The molecule has 0 amide bonds. The minimum atomic E-state index is -0.995. The summed E-state index contributed by atoms with van der Waals surface area (Å²) in [5.41, 5.74) is -1.12. The van der Waals surface area contributed by atoms with Gasteiger partial charge in [0.15, 0.2) is 0 Å². The second-order valence-corrected chi connectivity index (χ2v) is 4.45. The van der Waals surface area contributed by atoms with E-state index in [-0.39, 0.29) is 24.7 Å². The molecule has 1 aromatic heterocycles. The molecular weight excluding hydrogens is 252 g/mol. The summed E-state index contributed by atoms with van der Waals surface area (Å²) < 4.78 is 5.11. The van der Waals surface area contributed by atoms with E-state index in [9.17, 15) is 15.2 Å². The second-order valence-electron chi connectivity index (χ2n) is 4.45. The number of anilines is 2. The first-order chi connectivity index (χ1) is 9.04. The summed E-state index contributed by atoms with van der Waals surface area (Å²) in [4.78, 5) is 14.5. The van der Waals surface area contributed by atoms with Crippen molar-refractivity contribution in [2.45, 2.75) is 12.0 Å². The van der Waals surface area contributed by atoms with Crippen LogP contribution in [0.25, 0.3) is 0 Å². The maximum absolute atomic E-state index is 10.9. The van der Waals surface area contributed by atoms with Gasteiger partial charge in [-0.25, -0.2) is 4.98 Å². The van der Waals surface area contributed by atoms with Crippen molar-refractivity contribution in [3.63, 3.8) is 0 Å². The van der Waals surface area contributed by atoms with Crippen molar-refractivity contribution in [3.05, 3.63) is 22.2 Å². The van der Waals surface area contributed by atoms with Crippen LogP contribution in [0, 0.1) is 10.1 Å². The lowest BCUT2D eigenvalue weighted by Crippen LogP contribution is -2.37. The van der Waals surface area contributed by atoms with Gasteiger partial charge in [0.1, 0.15) is 11.4 Å². The van der Waals surface area contributed by atoms with Crippen LogP contribution in [-0.2, 0) is 4.74 Å². The highest BCUT2D eigenvalue weighted by atomic mass is 16.6. The van der Waals surface area contributed by atoms with Crippen LogP contribution in [0.4, 0.5) is 17.3 Å². The summed E-state index contributed by atoms with van der Waals surface area (Å²) in [5.74, 6) is 0.653. The highest BCUT2D eigenvalue weighted by Crippen LogP contribution is 2.26. The molecule has 0 saturated carbocycles. The van der Waals surface area contributed by atoms with E-state index in [1.807, 2.05) is 0 Å². The van der Waals surface area contributed by atoms with E-state index in [0.717, 1.165) is 0 Å². The molecule has 8 heteroatoms. The highest BCUT2D eigenvalue weighted by molar-refractivity contribution is 5.60. The lowest BCUT2D eigenvalue weighted by molar-refractivity contribution is -0.384. The van der Waals surface area contributed by atoms with Gasteiger partial charge in [0.2, 0.25) is 5.82 Å². The molecule has 0 bridgehead atoms. The molecule has 2 rings (SSSR count). The average Bonchev–Trinajstić information content (AvgIpc) is 2.83. The Morgan fingerprint density at radius 3 is 3.00 bits per heavy atom. The first-order valence-corrected chi connectivity index (χ1v) is 5.91. The fourth-order valence-corrected chi connectivity index (χ4v) is 1.85. The first kappa shape index (κ1) is 13.5. The predicted octanol–water partition coefficient (Wildman–Crippen LogP) is 0.595. The molecule has 2 heterocycles. The Bertz CT molecular complexity index is 474. The molecule has 1 aliphatic heterocycles. The van der Waals surface area contributed by atoms with Crippen LogP contribution >= 0.6 is 0 Å². The van der Waals surface area contributed by atoms with E-state index in [1.54, 1.807) is 7.05 Å². The zero-order valence-corrected chi connectivity index (χ0v) is 10.5. The molecule has 0 aliphatic carbocycles. The quantitative estimate of drug-likeness (QED) is 0.529. The molecule has 1 saturated heterocycles. The molecule has 1 atom stereocenters. The third-order valence-electron chi connectivity index (χ3n) is 2.99. The molecule has 1 aliphatic rings. The van der Waals surface area contributed by atoms with E-state index >= 15 is 0 Å². The standard InChI is InChI=1S/C11H16N4O4/c1-12-9-3-2-8(15(17)18)10(14-9)13-6-11(16)4-5-19-7-11/h2-3,16H,4-7H2,1H3,(H2,12,13,14). The number of pyridine rings is 1. The van der Waals surface area contributed by atoms with E-state index in [4.69, 9.17) is 4.74 Å². The number of nitrogens with zero attached hydrogens (tertiary/aromatic N) is 2. The van der Waals surface area contributed by atoms with E-state index in [0.29, 0.717) is 18.8 Å². The largest absolute Gasteiger partial charge is 0.386 e. The summed E-state index contributed by atoms with van der Waals surface area (Å²) in [7, 11) is 1.68. The van der Waals surface area contributed by atoms with Crippen molar-refractivity contribution in [2.24, 2.45) is 0 Å². The Labute approximate surface area is 109 Å². The average molecular weight is 268 g/mol. The minimum absolute atomic E-state index is 0.124. The summed E-state index contributed by atoms with van der Waals surface area (Å²) in [6.07, 6.45) is 0.500. The van der Waals surface area contributed by atoms with Crippen LogP contribution < -0.4 is 10.6 Å². The van der Waals surface area contributed by atoms with Gasteiger partial charge >= 0.3 is 5.69 Å². The van der Waals surface area contributed by atoms with Gasteiger partial charge in [-0.3, -0.25) is 10.1 Å². The van der Waals surface area contributed by atoms with Gasteiger partial charge in [0.05, 0.1) is 11.5 Å². The Kier molecular flexibility index (Phi) is 3.82. The number of hydrogen-bond donors (Lipinski definition) is 3. The van der Waals surface area contributed by atoms with Crippen LogP contribution in [0.2, 0.25) is 0 Å². The van der Waals surface area contributed by atoms with Gasteiger partial charge in [-0.05, 0) is 6.07 Å². The number of nitro groups is 1. The molecule has 1 unspecified atom stereocenters. The monoisotopic (exact) mass is 268 g/mol. The van der Waals surface area contributed by atoms with Crippen LogP contribution in [0.5, 0.6) is 0 Å². The van der Waals surface area contributed by atoms with Gasteiger partial charge < -0.3 is 20.5 Å². The van der Waals surface area contributed by atoms with Crippen LogP contribution in [0.3, 0.4) is 0 Å². The van der Waals surface area contributed by atoms with Crippen molar-refractivity contribution in [3.8, 4) is 0 Å². The zero-order valence-electron chi connectivity index (χ0n) is 10.5. The molecule has 0 radical (unpaired) electrons. The van der Waals surface area contributed by atoms with E-state index in [2.05, 4.69) is 15.6 Å². The Morgan fingerprint density at radius 1 is 1.63 bits per heavy atom. The molecular formula is C11H16N4O4.